The predicted octanol–water partition coefficient (Wildman–Crippen LogP) is 5.52. The molecule has 2 rings (SSSR count). The number of hydrogen-bond acceptors (Lipinski definition) is 3. The maximum Gasteiger partial charge on any atom is 0.234 e. The Bertz CT molecular complexity index is 688. The van der Waals surface area contributed by atoms with Gasteiger partial charge in [-0.05, 0) is 61.6 Å². The summed E-state index contributed by atoms with van der Waals surface area (Å²) < 4.78 is 1.10. The fourth-order valence-corrected chi connectivity index (χ4v) is 3.77. The maximum atomic E-state index is 12.1. The van der Waals surface area contributed by atoms with E-state index in [-0.39, 0.29) is 5.91 Å². The average molecular weight is 396 g/mol. The second-order valence-electron chi connectivity index (χ2n) is 4.94. The van der Waals surface area contributed by atoms with Gasteiger partial charge in [-0.15, -0.1) is 23.5 Å². The van der Waals surface area contributed by atoms with Crippen LogP contribution in [0.5, 0.6) is 0 Å². The summed E-state index contributed by atoms with van der Waals surface area (Å²) in [5.41, 5.74) is 3.21. The number of benzene rings is 2. The zero-order chi connectivity index (χ0) is 16.1. The molecule has 0 atom stereocenters. The van der Waals surface area contributed by atoms with Crippen LogP contribution in [0, 0.1) is 13.8 Å². The van der Waals surface area contributed by atoms with Crippen LogP contribution in [0.1, 0.15) is 11.1 Å². The highest BCUT2D eigenvalue weighted by molar-refractivity contribution is 9.10. The van der Waals surface area contributed by atoms with Gasteiger partial charge in [0.1, 0.15) is 0 Å². The van der Waals surface area contributed by atoms with E-state index >= 15 is 0 Å². The van der Waals surface area contributed by atoms with E-state index in [1.807, 2.05) is 30.5 Å². The molecule has 5 heteroatoms. The van der Waals surface area contributed by atoms with Gasteiger partial charge in [-0.1, -0.05) is 22.0 Å². The van der Waals surface area contributed by atoms with Gasteiger partial charge in [0, 0.05) is 20.0 Å². The second-order valence-corrected chi connectivity index (χ2v) is 7.69. The standard InChI is InChI=1S/C17H18BrNOS2/c1-11-8-16(12(2)7-15(11)18)22-10-17(20)19-13-5-4-6-14(9-13)21-3/h4-9H,10H2,1-3H3,(H,19,20). The van der Waals surface area contributed by atoms with Crippen molar-refractivity contribution in [2.75, 3.05) is 17.3 Å². The highest BCUT2D eigenvalue weighted by atomic mass is 79.9. The van der Waals surface area contributed by atoms with E-state index in [4.69, 9.17) is 0 Å². The van der Waals surface area contributed by atoms with Crippen LogP contribution >= 0.6 is 39.5 Å². The molecule has 2 aromatic rings. The molecule has 2 aromatic carbocycles. The third kappa shape index (κ3) is 4.80. The summed E-state index contributed by atoms with van der Waals surface area (Å²) in [4.78, 5) is 14.4. The first-order valence-electron chi connectivity index (χ1n) is 6.83. The first-order valence-corrected chi connectivity index (χ1v) is 9.83. The Morgan fingerprint density at radius 1 is 1.18 bits per heavy atom. The Morgan fingerprint density at radius 2 is 1.95 bits per heavy atom. The van der Waals surface area contributed by atoms with Crippen molar-refractivity contribution < 1.29 is 4.79 Å². The summed E-state index contributed by atoms with van der Waals surface area (Å²) in [5, 5.41) is 2.95. The van der Waals surface area contributed by atoms with E-state index in [1.165, 1.54) is 11.1 Å². The number of nitrogens with one attached hydrogen (secondary N) is 1. The molecular formula is C17H18BrNOS2. The van der Waals surface area contributed by atoms with Crippen molar-refractivity contribution in [2.24, 2.45) is 0 Å². The van der Waals surface area contributed by atoms with E-state index in [9.17, 15) is 4.79 Å². The number of thioether (sulfide) groups is 2. The summed E-state index contributed by atoms with van der Waals surface area (Å²) in [7, 11) is 0. The molecule has 116 valence electrons. The summed E-state index contributed by atoms with van der Waals surface area (Å²) in [6.45, 7) is 4.12. The minimum Gasteiger partial charge on any atom is -0.325 e. The number of aryl methyl sites for hydroxylation is 2. The number of anilines is 1. The summed E-state index contributed by atoms with van der Waals surface area (Å²) in [5.74, 6) is 0.425. The lowest BCUT2D eigenvalue weighted by Crippen LogP contribution is -2.14. The number of rotatable bonds is 5. The Kier molecular flexibility index (Phi) is 6.41. The van der Waals surface area contributed by atoms with Gasteiger partial charge in [0.2, 0.25) is 5.91 Å². The normalized spacial score (nSPS) is 10.5. The van der Waals surface area contributed by atoms with Crippen molar-refractivity contribution in [3.63, 3.8) is 0 Å². The largest absolute Gasteiger partial charge is 0.325 e. The Labute approximate surface area is 148 Å². The van der Waals surface area contributed by atoms with Crippen molar-refractivity contribution in [1.29, 1.82) is 0 Å². The van der Waals surface area contributed by atoms with E-state index in [0.717, 1.165) is 20.0 Å². The zero-order valence-corrected chi connectivity index (χ0v) is 16.0. The van der Waals surface area contributed by atoms with Crippen LogP contribution in [0.2, 0.25) is 0 Å². The predicted molar refractivity (Wildman–Crippen MR) is 101 cm³/mol. The molecule has 0 spiro atoms. The average Bonchev–Trinajstić information content (AvgIpc) is 2.49. The van der Waals surface area contributed by atoms with Crippen molar-refractivity contribution in [1.82, 2.24) is 0 Å². The SMILES string of the molecule is CSc1cccc(NC(=O)CSc2cc(C)c(Br)cc2C)c1. The molecule has 0 saturated carbocycles. The van der Waals surface area contributed by atoms with Crippen LogP contribution in [0.3, 0.4) is 0 Å². The first-order chi connectivity index (χ1) is 10.5. The molecule has 0 heterocycles. The molecule has 2 nitrogen and oxygen atoms in total. The third-order valence-electron chi connectivity index (χ3n) is 3.17. The minimum absolute atomic E-state index is 0.0169. The molecule has 0 aliphatic carbocycles. The molecule has 1 N–H and O–H groups in total. The quantitative estimate of drug-likeness (QED) is 0.675. The monoisotopic (exact) mass is 395 g/mol. The van der Waals surface area contributed by atoms with Gasteiger partial charge in [-0.2, -0.15) is 0 Å². The van der Waals surface area contributed by atoms with Gasteiger partial charge in [0.25, 0.3) is 0 Å². The van der Waals surface area contributed by atoms with Crippen LogP contribution < -0.4 is 5.32 Å². The van der Waals surface area contributed by atoms with Crippen molar-refractivity contribution in [3.8, 4) is 0 Å². The summed E-state index contributed by atoms with van der Waals surface area (Å²) in [6, 6.07) is 12.1. The lowest BCUT2D eigenvalue weighted by atomic mass is 10.2. The van der Waals surface area contributed by atoms with Crippen molar-refractivity contribution in [3.05, 3.63) is 52.0 Å². The lowest BCUT2D eigenvalue weighted by molar-refractivity contribution is -0.113. The van der Waals surface area contributed by atoms with Gasteiger partial charge in [-0.3, -0.25) is 4.79 Å². The van der Waals surface area contributed by atoms with E-state index < -0.39 is 0 Å². The molecule has 22 heavy (non-hydrogen) atoms. The first kappa shape index (κ1) is 17.4. The smallest absolute Gasteiger partial charge is 0.234 e. The number of carbonyl (C=O) groups is 1. The Hall–Kier alpha value is -0.910. The van der Waals surface area contributed by atoms with E-state index in [0.29, 0.717) is 5.75 Å². The molecule has 0 aliphatic heterocycles. The second kappa shape index (κ2) is 8.09. The van der Waals surface area contributed by atoms with E-state index in [1.54, 1.807) is 23.5 Å². The maximum absolute atomic E-state index is 12.1. The van der Waals surface area contributed by atoms with Gasteiger partial charge in [-0.25, -0.2) is 0 Å². The number of amides is 1. The van der Waals surface area contributed by atoms with Crippen molar-refractivity contribution in [2.45, 2.75) is 23.6 Å². The van der Waals surface area contributed by atoms with Gasteiger partial charge >= 0.3 is 0 Å². The van der Waals surface area contributed by atoms with Crippen molar-refractivity contribution >= 4 is 51.0 Å². The fourth-order valence-electron chi connectivity index (χ4n) is 1.95. The molecule has 0 aliphatic rings. The molecular weight excluding hydrogens is 378 g/mol. The molecule has 0 saturated heterocycles. The number of halogens is 1. The molecule has 0 aromatic heterocycles. The molecule has 0 bridgehead atoms. The highest BCUT2D eigenvalue weighted by Crippen LogP contribution is 2.28. The van der Waals surface area contributed by atoms with Crippen LogP contribution in [-0.2, 0) is 4.79 Å². The molecule has 1 amide bonds. The zero-order valence-electron chi connectivity index (χ0n) is 12.8. The molecule has 0 unspecified atom stereocenters. The van der Waals surface area contributed by atoms with Gasteiger partial charge in [0.15, 0.2) is 0 Å². The van der Waals surface area contributed by atoms with E-state index in [2.05, 4.69) is 47.2 Å². The molecule has 0 fully saturated rings. The third-order valence-corrected chi connectivity index (χ3v) is 5.91. The highest BCUT2D eigenvalue weighted by Gasteiger charge is 2.08. The van der Waals surface area contributed by atoms with Crippen LogP contribution in [0.4, 0.5) is 5.69 Å². The fraction of sp³-hybridized carbons (Fsp3) is 0.235. The summed E-state index contributed by atoms with van der Waals surface area (Å²) >= 11 is 6.76. The number of carbonyl (C=O) groups excluding carboxylic acids is 1. The molecule has 0 radical (unpaired) electrons. The Balaban J connectivity index is 1.97. The Morgan fingerprint density at radius 3 is 2.68 bits per heavy atom. The lowest BCUT2D eigenvalue weighted by Gasteiger charge is -2.09. The topological polar surface area (TPSA) is 29.1 Å². The minimum atomic E-state index is 0.0169. The van der Waals surface area contributed by atoms with Crippen LogP contribution in [0.25, 0.3) is 0 Å². The number of hydrogen-bond donors (Lipinski definition) is 1. The van der Waals surface area contributed by atoms with Crippen LogP contribution in [0.15, 0.2) is 50.7 Å². The van der Waals surface area contributed by atoms with Gasteiger partial charge < -0.3 is 5.32 Å². The van der Waals surface area contributed by atoms with Gasteiger partial charge in [0.05, 0.1) is 5.75 Å². The summed E-state index contributed by atoms with van der Waals surface area (Å²) in [6.07, 6.45) is 2.02. The van der Waals surface area contributed by atoms with Crippen LogP contribution in [-0.4, -0.2) is 17.9 Å².